The minimum atomic E-state index is 0.127. The number of rotatable bonds is 2. The Morgan fingerprint density at radius 3 is 2.85 bits per heavy atom. The van der Waals surface area contributed by atoms with Crippen molar-refractivity contribution in [3.63, 3.8) is 0 Å². The number of nitrogens with zero attached hydrogens (tertiary/aromatic N) is 2. The SMILES string of the molecule is CN(C)CC1CCc2c(c3cc(Br)ccc3n2C)C1=O. The summed E-state index contributed by atoms with van der Waals surface area (Å²) in [7, 11) is 6.12. The lowest BCUT2D eigenvalue weighted by molar-refractivity contribution is 0.0878. The van der Waals surface area contributed by atoms with Crippen molar-refractivity contribution in [1.82, 2.24) is 9.47 Å². The summed E-state index contributed by atoms with van der Waals surface area (Å²) >= 11 is 3.52. The average Bonchev–Trinajstić information content (AvgIpc) is 2.66. The predicted octanol–water partition coefficient (Wildman–Crippen LogP) is 3.25. The van der Waals surface area contributed by atoms with Crippen molar-refractivity contribution in [2.75, 3.05) is 20.6 Å². The summed E-state index contributed by atoms with van der Waals surface area (Å²) in [4.78, 5) is 14.9. The van der Waals surface area contributed by atoms with E-state index in [0.29, 0.717) is 5.78 Å². The number of aryl methyl sites for hydroxylation is 1. The molecular weight excluding hydrogens is 316 g/mol. The van der Waals surface area contributed by atoms with Gasteiger partial charge in [0.15, 0.2) is 5.78 Å². The van der Waals surface area contributed by atoms with E-state index in [0.717, 1.165) is 40.3 Å². The first-order valence-electron chi connectivity index (χ1n) is 6.94. The van der Waals surface area contributed by atoms with Crippen LogP contribution in [-0.4, -0.2) is 35.9 Å². The predicted molar refractivity (Wildman–Crippen MR) is 85.3 cm³/mol. The van der Waals surface area contributed by atoms with Crippen molar-refractivity contribution in [2.45, 2.75) is 12.8 Å². The highest BCUT2D eigenvalue weighted by Gasteiger charge is 2.32. The highest BCUT2D eigenvalue weighted by Crippen LogP contribution is 2.35. The molecule has 1 aromatic heterocycles. The largest absolute Gasteiger partial charge is 0.347 e. The van der Waals surface area contributed by atoms with Crippen molar-refractivity contribution in [1.29, 1.82) is 0 Å². The maximum Gasteiger partial charge on any atom is 0.169 e. The molecule has 2 aromatic rings. The fourth-order valence-electron chi connectivity index (χ4n) is 3.30. The second kappa shape index (κ2) is 5.01. The van der Waals surface area contributed by atoms with Crippen LogP contribution in [0.15, 0.2) is 22.7 Å². The number of benzene rings is 1. The van der Waals surface area contributed by atoms with Crippen LogP contribution in [0.4, 0.5) is 0 Å². The van der Waals surface area contributed by atoms with E-state index < -0.39 is 0 Å². The zero-order valence-electron chi connectivity index (χ0n) is 12.1. The minimum absolute atomic E-state index is 0.127. The van der Waals surface area contributed by atoms with Gasteiger partial charge in [0.05, 0.1) is 0 Å². The van der Waals surface area contributed by atoms with Crippen LogP contribution in [0.25, 0.3) is 10.9 Å². The first kappa shape index (κ1) is 13.8. The van der Waals surface area contributed by atoms with Crippen LogP contribution in [-0.2, 0) is 13.5 Å². The lowest BCUT2D eigenvalue weighted by atomic mass is 9.85. The van der Waals surface area contributed by atoms with Gasteiger partial charge in [0.1, 0.15) is 0 Å². The summed E-state index contributed by atoms with van der Waals surface area (Å²) in [5.41, 5.74) is 3.29. The van der Waals surface area contributed by atoms with E-state index in [4.69, 9.17) is 0 Å². The van der Waals surface area contributed by atoms with Crippen molar-refractivity contribution >= 4 is 32.6 Å². The van der Waals surface area contributed by atoms with E-state index >= 15 is 0 Å². The molecule has 3 rings (SSSR count). The number of halogens is 1. The Labute approximate surface area is 127 Å². The molecule has 0 N–H and O–H groups in total. The highest BCUT2D eigenvalue weighted by molar-refractivity contribution is 9.10. The molecule has 4 heteroatoms. The molecule has 1 unspecified atom stereocenters. The summed E-state index contributed by atoms with van der Waals surface area (Å²) in [5.74, 6) is 0.436. The molecule has 20 heavy (non-hydrogen) atoms. The van der Waals surface area contributed by atoms with Crippen LogP contribution in [0, 0.1) is 5.92 Å². The van der Waals surface area contributed by atoms with Gasteiger partial charge < -0.3 is 9.47 Å². The quantitative estimate of drug-likeness (QED) is 0.842. The minimum Gasteiger partial charge on any atom is -0.347 e. The van der Waals surface area contributed by atoms with Gasteiger partial charge in [-0.2, -0.15) is 0 Å². The zero-order chi connectivity index (χ0) is 14.4. The molecule has 0 amide bonds. The number of hydrogen-bond donors (Lipinski definition) is 0. The standard InChI is InChI=1S/C16H19BrN2O/c1-18(2)9-10-4-6-14-15(16(10)20)12-8-11(17)5-7-13(12)19(14)3/h5,7-8,10H,4,6,9H2,1-3H3. The molecule has 1 atom stereocenters. The van der Waals surface area contributed by atoms with Crippen LogP contribution < -0.4 is 0 Å². The maximum atomic E-state index is 12.8. The molecule has 0 spiro atoms. The van der Waals surface area contributed by atoms with Gasteiger partial charge in [-0.1, -0.05) is 15.9 Å². The van der Waals surface area contributed by atoms with E-state index in [1.807, 2.05) is 20.2 Å². The van der Waals surface area contributed by atoms with E-state index in [1.54, 1.807) is 0 Å². The number of Topliss-reactive ketones (excluding diaryl/α,β-unsaturated/α-hetero) is 1. The van der Waals surface area contributed by atoms with Gasteiger partial charge in [-0.3, -0.25) is 4.79 Å². The van der Waals surface area contributed by atoms with Gasteiger partial charge in [-0.15, -0.1) is 0 Å². The van der Waals surface area contributed by atoms with E-state index in [1.165, 1.54) is 5.69 Å². The third-order valence-corrected chi connectivity index (χ3v) is 4.71. The normalized spacial score (nSPS) is 18.9. The Morgan fingerprint density at radius 2 is 2.15 bits per heavy atom. The smallest absolute Gasteiger partial charge is 0.169 e. The second-order valence-corrected chi connectivity index (χ2v) is 6.82. The van der Waals surface area contributed by atoms with Crippen LogP contribution >= 0.6 is 15.9 Å². The van der Waals surface area contributed by atoms with Gasteiger partial charge in [0.25, 0.3) is 0 Å². The molecule has 0 saturated heterocycles. The maximum absolute atomic E-state index is 12.8. The third-order valence-electron chi connectivity index (χ3n) is 4.22. The number of ketones is 1. The van der Waals surface area contributed by atoms with Gasteiger partial charge in [-0.25, -0.2) is 0 Å². The van der Waals surface area contributed by atoms with E-state index in [-0.39, 0.29) is 5.92 Å². The van der Waals surface area contributed by atoms with Crippen molar-refractivity contribution in [3.05, 3.63) is 33.9 Å². The number of fused-ring (bicyclic) bond motifs is 3. The Hall–Kier alpha value is -1.13. The van der Waals surface area contributed by atoms with Crippen molar-refractivity contribution in [2.24, 2.45) is 13.0 Å². The molecule has 0 fully saturated rings. The molecular formula is C16H19BrN2O. The highest BCUT2D eigenvalue weighted by atomic mass is 79.9. The molecule has 1 heterocycles. The number of carbonyl (C=O) groups excluding carboxylic acids is 1. The fourth-order valence-corrected chi connectivity index (χ4v) is 3.66. The van der Waals surface area contributed by atoms with Gasteiger partial charge in [0, 0.05) is 46.1 Å². The van der Waals surface area contributed by atoms with Crippen molar-refractivity contribution in [3.8, 4) is 0 Å². The monoisotopic (exact) mass is 334 g/mol. The number of aromatic nitrogens is 1. The summed E-state index contributed by atoms with van der Waals surface area (Å²) < 4.78 is 3.21. The molecule has 3 nitrogen and oxygen atoms in total. The summed E-state index contributed by atoms with van der Waals surface area (Å²) in [6, 6.07) is 6.20. The first-order valence-corrected chi connectivity index (χ1v) is 7.74. The van der Waals surface area contributed by atoms with E-state index in [9.17, 15) is 4.79 Å². The topological polar surface area (TPSA) is 25.2 Å². The van der Waals surface area contributed by atoms with Crippen LogP contribution in [0.1, 0.15) is 22.5 Å². The summed E-state index contributed by atoms with van der Waals surface area (Å²) in [6.07, 6.45) is 1.94. The van der Waals surface area contributed by atoms with Gasteiger partial charge in [-0.05, 0) is 45.1 Å². The lowest BCUT2D eigenvalue weighted by Gasteiger charge is -2.24. The molecule has 0 bridgehead atoms. The Kier molecular flexibility index (Phi) is 3.46. The van der Waals surface area contributed by atoms with E-state index in [2.05, 4.69) is 44.6 Å². The zero-order valence-corrected chi connectivity index (χ0v) is 13.7. The number of hydrogen-bond acceptors (Lipinski definition) is 2. The Bertz CT molecular complexity index is 687. The molecule has 0 aliphatic heterocycles. The molecule has 106 valence electrons. The molecule has 0 saturated carbocycles. The molecule has 0 radical (unpaired) electrons. The van der Waals surface area contributed by atoms with Crippen molar-refractivity contribution < 1.29 is 4.79 Å². The van der Waals surface area contributed by atoms with Crippen LogP contribution in [0.2, 0.25) is 0 Å². The molecule has 1 aliphatic carbocycles. The number of carbonyl (C=O) groups is 1. The molecule has 1 aliphatic rings. The summed E-state index contributed by atoms with van der Waals surface area (Å²) in [6.45, 7) is 0.836. The van der Waals surface area contributed by atoms with Crippen LogP contribution in [0.3, 0.4) is 0 Å². The summed E-state index contributed by atoms with van der Waals surface area (Å²) in [5, 5.41) is 1.09. The second-order valence-electron chi connectivity index (χ2n) is 5.90. The van der Waals surface area contributed by atoms with Gasteiger partial charge in [0.2, 0.25) is 0 Å². The lowest BCUT2D eigenvalue weighted by Crippen LogP contribution is -2.32. The average molecular weight is 335 g/mol. The fraction of sp³-hybridized carbons (Fsp3) is 0.438. The van der Waals surface area contributed by atoms with Crippen LogP contribution in [0.5, 0.6) is 0 Å². The Morgan fingerprint density at radius 1 is 1.40 bits per heavy atom. The third kappa shape index (κ3) is 2.11. The first-order chi connectivity index (χ1) is 9.49. The molecule has 1 aromatic carbocycles. The Balaban J connectivity index is 2.16. The van der Waals surface area contributed by atoms with Gasteiger partial charge >= 0.3 is 0 Å².